The molecule has 1 atom stereocenters. The van der Waals surface area contributed by atoms with Crippen LogP contribution in [0.25, 0.3) is 0 Å². The Bertz CT molecular complexity index is 718. The smallest absolute Gasteiger partial charge is 0.413 e. The van der Waals surface area contributed by atoms with E-state index >= 15 is 0 Å². The summed E-state index contributed by atoms with van der Waals surface area (Å²) in [6.07, 6.45) is -0.694. The van der Waals surface area contributed by atoms with Crippen molar-refractivity contribution in [1.29, 1.82) is 0 Å². The summed E-state index contributed by atoms with van der Waals surface area (Å²) in [7, 11) is 0. The fraction of sp³-hybridized carbons (Fsp3) is 0.722. The predicted molar refractivity (Wildman–Crippen MR) is 109 cm³/mol. The lowest BCUT2D eigenvalue weighted by Crippen LogP contribution is -2.40. The summed E-state index contributed by atoms with van der Waals surface area (Å²) in [5, 5.41) is 15.8. The van der Waals surface area contributed by atoms with Gasteiger partial charge in [0.25, 0.3) is 0 Å². The molecule has 1 amide bonds. The van der Waals surface area contributed by atoms with Gasteiger partial charge in [-0.15, -0.1) is 0 Å². The number of rotatable bonds is 5. The maximum atomic E-state index is 12.2. The zero-order chi connectivity index (χ0) is 22.6. The van der Waals surface area contributed by atoms with Crippen LogP contribution in [0.5, 0.6) is 0 Å². The Labute approximate surface area is 174 Å². The number of aliphatic carboxylic acids is 1. The summed E-state index contributed by atoms with van der Waals surface area (Å²) in [5.74, 6) is -1.81. The van der Waals surface area contributed by atoms with Crippen LogP contribution in [-0.4, -0.2) is 62.6 Å². The summed E-state index contributed by atoms with van der Waals surface area (Å²) in [6.45, 7) is 13.1. The average Bonchev–Trinajstić information content (AvgIpc) is 2.91. The SMILES string of the molecule is CC(C)(C)OC(=O)NC1=NC(/C(=N/OC(C)(C)C(=O)OC(C)(C)C)C(=O)O)CS1. The maximum absolute atomic E-state index is 12.2. The van der Waals surface area contributed by atoms with Gasteiger partial charge in [-0.05, 0) is 55.4 Å². The number of alkyl carbamates (subject to hydrolysis) is 1. The molecule has 0 saturated carbocycles. The van der Waals surface area contributed by atoms with Crippen molar-refractivity contribution < 1.29 is 33.8 Å². The molecule has 1 aliphatic heterocycles. The van der Waals surface area contributed by atoms with Gasteiger partial charge in [-0.1, -0.05) is 16.9 Å². The van der Waals surface area contributed by atoms with Crippen LogP contribution in [0.1, 0.15) is 55.4 Å². The van der Waals surface area contributed by atoms with Crippen LogP contribution in [-0.2, 0) is 23.9 Å². The number of nitrogens with zero attached hydrogens (tertiary/aromatic N) is 2. The van der Waals surface area contributed by atoms with E-state index in [9.17, 15) is 19.5 Å². The molecule has 0 fully saturated rings. The molecule has 0 bridgehead atoms. The molecule has 0 radical (unpaired) electrons. The highest BCUT2D eigenvalue weighted by molar-refractivity contribution is 8.14. The van der Waals surface area contributed by atoms with E-state index in [0.29, 0.717) is 0 Å². The zero-order valence-electron chi connectivity index (χ0n) is 18.0. The Morgan fingerprint density at radius 3 is 2.10 bits per heavy atom. The van der Waals surface area contributed by atoms with Gasteiger partial charge in [0.05, 0.1) is 0 Å². The Kier molecular flexibility index (Phi) is 7.69. The van der Waals surface area contributed by atoms with Crippen LogP contribution in [0, 0.1) is 0 Å². The van der Waals surface area contributed by atoms with Gasteiger partial charge in [-0.3, -0.25) is 10.3 Å². The number of carboxylic acids is 1. The molecule has 164 valence electrons. The summed E-state index contributed by atoms with van der Waals surface area (Å²) < 4.78 is 10.4. The van der Waals surface area contributed by atoms with Crippen molar-refractivity contribution in [2.24, 2.45) is 10.1 Å². The average molecular weight is 432 g/mol. The van der Waals surface area contributed by atoms with Crippen molar-refractivity contribution >= 4 is 40.7 Å². The zero-order valence-corrected chi connectivity index (χ0v) is 18.8. The number of amidine groups is 1. The fourth-order valence-corrected chi connectivity index (χ4v) is 2.72. The van der Waals surface area contributed by atoms with E-state index in [1.807, 2.05) is 0 Å². The molecular weight excluding hydrogens is 402 g/mol. The lowest BCUT2D eigenvalue weighted by Gasteiger charge is -2.26. The first kappa shape index (κ1) is 24.7. The lowest BCUT2D eigenvalue weighted by molar-refractivity contribution is -0.179. The number of carbonyl (C=O) groups excluding carboxylic acids is 2. The predicted octanol–water partition coefficient (Wildman–Crippen LogP) is 2.56. The van der Waals surface area contributed by atoms with Crippen LogP contribution < -0.4 is 5.32 Å². The molecule has 11 heteroatoms. The minimum atomic E-state index is -1.50. The number of thioether (sulfide) groups is 1. The number of carboxylic acid groups (broad SMARTS) is 1. The molecule has 10 nitrogen and oxygen atoms in total. The van der Waals surface area contributed by atoms with E-state index in [-0.39, 0.29) is 10.9 Å². The Morgan fingerprint density at radius 1 is 1.07 bits per heavy atom. The number of amides is 1. The van der Waals surface area contributed by atoms with Crippen LogP contribution in [0.2, 0.25) is 0 Å². The second-order valence-corrected chi connectivity index (χ2v) is 9.78. The minimum Gasteiger partial charge on any atom is -0.477 e. The van der Waals surface area contributed by atoms with Crippen LogP contribution in [0.3, 0.4) is 0 Å². The molecular formula is C18H29N3O7S. The normalized spacial score (nSPS) is 18.0. The van der Waals surface area contributed by atoms with Gasteiger partial charge in [-0.25, -0.2) is 14.4 Å². The standard InChI is InChI=1S/C18H29N3O7S/c1-16(2,3)26-13(24)18(7,8)28-21-11(12(22)23)10-9-29-14(19-10)20-15(25)27-17(4,5)6/h10H,9H2,1-8H3,(H,22,23)(H,19,20,25)/b21-11-. The Hall–Kier alpha value is -2.30. The molecule has 1 unspecified atom stereocenters. The first-order chi connectivity index (χ1) is 13.0. The minimum absolute atomic E-state index is 0.213. The van der Waals surface area contributed by atoms with Gasteiger partial charge >= 0.3 is 18.0 Å². The van der Waals surface area contributed by atoms with Crippen molar-refractivity contribution in [3.05, 3.63) is 0 Å². The summed E-state index contributed by atoms with van der Waals surface area (Å²) in [4.78, 5) is 45.0. The van der Waals surface area contributed by atoms with Gasteiger partial charge in [0, 0.05) is 5.75 Å². The molecule has 0 aromatic rings. The molecule has 1 heterocycles. The van der Waals surface area contributed by atoms with E-state index in [4.69, 9.17) is 14.3 Å². The van der Waals surface area contributed by atoms with Gasteiger partial charge in [0.15, 0.2) is 10.9 Å². The van der Waals surface area contributed by atoms with Crippen LogP contribution >= 0.6 is 11.8 Å². The number of nitrogens with one attached hydrogen (secondary N) is 1. The molecule has 0 aliphatic carbocycles. The number of aliphatic imine (C=N–C) groups is 1. The van der Waals surface area contributed by atoms with Gasteiger partial charge in [0.1, 0.15) is 17.2 Å². The van der Waals surface area contributed by atoms with E-state index in [2.05, 4.69) is 15.5 Å². The number of hydrogen-bond acceptors (Lipinski definition) is 9. The highest BCUT2D eigenvalue weighted by Crippen LogP contribution is 2.21. The monoisotopic (exact) mass is 431 g/mol. The number of ether oxygens (including phenoxy) is 2. The molecule has 2 N–H and O–H groups in total. The number of esters is 1. The molecule has 0 saturated heterocycles. The maximum Gasteiger partial charge on any atom is 0.413 e. The van der Waals surface area contributed by atoms with Gasteiger partial charge in [0.2, 0.25) is 5.60 Å². The number of hydrogen-bond donors (Lipinski definition) is 2. The van der Waals surface area contributed by atoms with Crippen molar-refractivity contribution in [3.63, 3.8) is 0 Å². The van der Waals surface area contributed by atoms with E-state index in [1.54, 1.807) is 41.5 Å². The van der Waals surface area contributed by atoms with E-state index in [1.165, 1.54) is 13.8 Å². The second kappa shape index (κ2) is 9.02. The number of carbonyl (C=O) groups is 3. The molecule has 0 aromatic heterocycles. The number of oxime groups is 1. The summed E-state index contributed by atoms with van der Waals surface area (Å²) in [5.41, 5.74) is -3.30. The van der Waals surface area contributed by atoms with Crippen LogP contribution in [0.4, 0.5) is 4.79 Å². The molecule has 1 aliphatic rings. The molecule has 1 rings (SSSR count). The second-order valence-electron chi connectivity index (χ2n) is 8.77. The highest BCUT2D eigenvalue weighted by atomic mass is 32.2. The fourth-order valence-electron chi connectivity index (χ4n) is 1.82. The molecule has 0 spiro atoms. The lowest BCUT2D eigenvalue weighted by atomic mass is 10.1. The third kappa shape index (κ3) is 8.71. The largest absolute Gasteiger partial charge is 0.477 e. The Morgan fingerprint density at radius 2 is 1.62 bits per heavy atom. The topological polar surface area (TPSA) is 136 Å². The molecule has 0 aromatic carbocycles. The van der Waals surface area contributed by atoms with E-state index < -0.39 is 46.6 Å². The van der Waals surface area contributed by atoms with Crippen molar-refractivity contribution in [2.75, 3.05) is 5.75 Å². The third-order valence-corrected chi connectivity index (χ3v) is 4.02. The van der Waals surface area contributed by atoms with Gasteiger partial charge in [-0.2, -0.15) is 0 Å². The third-order valence-electron chi connectivity index (χ3n) is 3.06. The first-order valence-electron chi connectivity index (χ1n) is 8.93. The first-order valence-corrected chi connectivity index (χ1v) is 9.92. The summed E-state index contributed by atoms with van der Waals surface area (Å²) in [6, 6.07) is -0.864. The van der Waals surface area contributed by atoms with Crippen molar-refractivity contribution in [1.82, 2.24) is 5.32 Å². The van der Waals surface area contributed by atoms with Crippen LogP contribution in [0.15, 0.2) is 10.1 Å². The van der Waals surface area contributed by atoms with E-state index in [0.717, 1.165) is 11.8 Å². The Balaban J connectivity index is 2.87. The van der Waals surface area contributed by atoms with Crippen molar-refractivity contribution in [2.45, 2.75) is 78.2 Å². The van der Waals surface area contributed by atoms with Gasteiger partial charge < -0.3 is 19.4 Å². The summed E-state index contributed by atoms with van der Waals surface area (Å²) >= 11 is 1.14. The quantitative estimate of drug-likeness (QED) is 0.385. The van der Waals surface area contributed by atoms with Crippen molar-refractivity contribution in [3.8, 4) is 0 Å². The molecule has 29 heavy (non-hydrogen) atoms. The highest BCUT2D eigenvalue weighted by Gasteiger charge is 2.37.